The quantitative estimate of drug-likeness (QED) is 0.678. The van der Waals surface area contributed by atoms with Gasteiger partial charge in [-0.05, 0) is 47.5 Å². The van der Waals surface area contributed by atoms with Crippen molar-refractivity contribution in [2.45, 2.75) is 94.7 Å². The Hall–Kier alpha value is -1.03. The maximum atomic E-state index is 14.3. The fourth-order valence-corrected chi connectivity index (χ4v) is 5.20. The Balaban J connectivity index is 1.71. The first-order valence-electron chi connectivity index (χ1n) is 10.6. The minimum absolute atomic E-state index is 0.188. The summed E-state index contributed by atoms with van der Waals surface area (Å²) in [4.78, 5) is 14.7. The Morgan fingerprint density at radius 2 is 1.60 bits per heavy atom. The van der Waals surface area contributed by atoms with Gasteiger partial charge in [-0.3, -0.25) is 4.90 Å². The third kappa shape index (κ3) is 3.24. The molecule has 4 aliphatic rings. The van der Waals surface area contributed by atoms with Gasteiger partial charge in [0.1, 0.15) is 11.7 Å². The van der Waals surface area contributed by atoms with Crippen molar-refractivity contribution < 1.29 is 37.3 Å². The van der Waals surface area contributed by atoms with Crippen molar-refractivity contribution in [2.24, 2.45) is 11.8 Å². The Bertz CT molecular complexity index is 723. The van der Waals surface area contributed by atoms with Crippen LogP contribution in [0.3, 0.4) is 0 Å². The average molecular weight is 433 g/mol. The first-order chi connectivity index (χ1) is 13.7. The standard InChI is InChI=1S/C21H33F2NO6/c1-17(2,3)30-16(25)24-11-13-15(29-19(5,27-7)18(4,26-6)28-13)14(20(24)8-9-20)12-10-21(12,22)23/h12-15H,8-11H2,1-7H3/t12?,13-,14-,15+,18+,19+/m1/s1. The molecule has 2 saturated carbocycles. The molecule has 0 bridgehead atoms. The lowest BCUT2D eigenvalue weighted by Crippen LogP contribution is -2.73. The third-order valence-corrected chi connectivity index (χ3v) is 7.27. The molecular weight excluding hydrogens is 400 g/mol. The monoisotopic (exact) mass is 433 g/mol. The first-order valence-corrected chi connectivity index (χ1v) is 10.6. The number of halogens is 2. The number of carbonyl (C=O) groups excluding carboxylic acids is 1. The maximum Gasteiger partial charge on any atom is 0.410 e. The van der Waals surface area contributed by atoms with E-state index in [9.17, 15) is 13.6 Å². The van der Waals surface area contributed by atoms with Crippen molar-refractivity contribution in [3.63, 3.8) is 0 Å². The Morgan fingerprint density at radius 1 is 1.07 bits per heavy atom. The lowest BCUT2D eigenvalue weighted by molar-refractivity contribution is -0.459. The summed E-state index contributed by atoms with van der Waals surface area (Å²) in [7, 11) is 2.95. The Morgan fingerprint density at radius 3 is 2.03 bits per heavy atom. The molecule has 2 aliphatic carbocycles. The van der Waals surface area contributed by atoms with Gasteiger partial charge in [0, 0.05) is 32.5 Å². The van der Waals surface area contributed by atoms with Crippen LogP contribution < -0.4 is 0 Å². The van der Waals surface area contributed by atoms with E-state index >= 15 is 0 Å². The number of alkyl halides is 2. The zero-order chi connectivity index (χ0) is 22.3. The van der Waals surface area contributed by atoms with Gasteiger partial charge >= 0.3 is 6.09 Å². The molecule has 0 aromatic heterocycles. The summed E-state index contributed by atoms with van der Waals surface area (Å²) in [6.45, 7) is 8.93. The van der Waals surface area contributed by atoms with Gasteiger partial charge in [0.25, 0.3) is 5.92 Å². The molecule has 1 amide bonds. The number of methoxy groups -OCH3 is 2. The Labute approximate surface area is 176 Å². The van der Waals surface area contributed by atoms with Gasteiger partial charge in [-0.15, -0.1) is 0 Å². The van der Waals surface area contributed by atoms with Crippen LogP contribution in [0.15, 0.2) is 0 Å². The van der Waals surface area contributed by atoms with Crippen LogP contribution >= 0.6 is 0 Å². The van der Waals surface area contributed by atoms with Gasteiger partial charge in [-0.2, -0.15) is 0 Å². The minimum Gasteiger partial charge on any atom is -0.444 e. The smallest absolute Gasteiger partial charge is 0.410 e. The molecule has 2 saturated heterocycles. The zero-order valence-corrected chi connectivity index (χ0v) is 18.8. The van der Waals surface area contributed by atoms with Crippen LogP contribution in [-0.2, 0) is 23.7 Å². The predicted octanol–water partition coefficient (Wildman–Crippen LogP) is 3.55. The highest BCUT2D eigenvalue weighted by Crippen LogP contribution is 2.66. The SMILES string of the molecule is CO[C@@]1(C)O[C@@H]2[C@@H](C3CC3(F)F)C3(CC3)N(C(=O)OC(C)(C)C)C[C@H]2O[C@]1(C)OC. The van der Waals surface area contributed by atoms with Gasteiger partial charge in [0.05, 0.1) is 18.2 Å². The van der Waals surface area contributed by atoms with Crippen LogP contribution in [0.2, 0.25) is 0 Å². The normalized spacial score (nSPS) is 43.8. The maximum absolute atomic E-state index is 14.3. The number of hydrogen-bond acceptors (Lipinski definition) is 6. The molecule has 1 unspecified atom stereocenters. The van der Waals surface area contributed by atoms with Crippen molar-refractivity contribution in [1.29, 1.82) is 0 Å². The molecule has 7 nitrogen and oxygen atoms in total. The minimum atomic E-state index is -2.77. The van der Waals surface area contributed by atoms with Gasteiger partial charge in [-0.1, -0.05) is 0 Å². The summed E-state index contributed by atoms with van der Waals surface area (Å²) in [5.74, 6) is -6.76. The molecule has 4 rings (SSSR count). The number of likely N-dealkylation sites (tertiary alicyclic amines) is 1. The lowest BCUT2D eigenvalue weighted by atomic mass is 9.77. The number of fused-ring (bicyclic) bond motifs is 1. The van der Waals surface area contributed by atoms with E-state index in [-0.39, 0.29) is 13.0 Å². The molecule has 1 spiro atoms. The summed E-state index contributed by atoms with van der Waals surface area (Å²) in [5, 5.41) is 0. The van der Waals surface area contributed by atoms with Crippen LogP contribution in [0.1, 0.15) is 53.9 Å². The van der Waals surface area contributed by atoms with E-state index in [0.717, 1.165) is 0 Å². The number of carbonyl (C=O) groups is 1. The van der Waals surface area contributed by atoms with E-state index < -0.39 is 58.8 Å². The largest absolute Gasteiger partial charge is 0.444 e. The van der Waals surface area contributed by atoms with Crippen LogP contribution in [0, 0.1) is 11.8 Å². The fourth-order valence-electron chi connectivity index (χ4n) is 5.20. The highest BCUT2D eigenvalue weighted by Gasteiger charge is 2.76. The van der Waals surface area contributed by atoms with E-state index in [2.05, 4.69) is 0 Å². The predicted molar refractivity (Wildman–Crippen MR) is 102 cm³/mol. The van der Waals surface area contributed by atoms with E-state index in [1.807, 2.05) is 0 Å². The Kier molecular flexibility index (Phi) is 4.80. The third-order valence-electron chi connectivity index (χ3n) is 7.27. The molecule has 30 heavy (non-hydrogen) atoms. The topological polar surface area (TPSA) is 66.5 Å². The zero-order valence-electron chi connectivity index (χ0n) is 18.8. The van der Waals surface area contributed by atoms with Crippen LogP contribution in [0.4, 0.5) is 13.6 Å². The number of hydrogen-bond donors (Lipinski definition) is 0. The van der Waals surface area contributed by atoms with Crippen molar-refractivity contribution in [3.8, 4) is 0 Å². The summed E-state index contributed by atoms with van der Waals surface area (Å²) in [6, 6.07) is 0. The van der Waals surface area contributed by atoms with Crippen LogP contribution in [0.25, 0.3) is 0 Å². The number of rotatable bonds is 3. The lowest BCUT2D eigenvalue weighted by Gasteiger charge is -2.58. The van der Waals surface area contributed by atoms with Gasteiger partial charge in [0.2, 0.25) is 11.6 Å². The molecule has 2 aliphatic heterocycles. The molecule has 6 atom stereocenters. The summed E-state index contributed by atoms with van der Waals surface area (Å²) in [5.41, 5.74) is -1.39. The number of piperidine rings is 1. The molecule has 0 aromatic rings. The molecular formula is C21H33F2NO6. The first kappa shape index (κ1) is 22.2. The van der Waals surface area contributed by atoms with Crippen LogP contribution in [-0.4, -0.2) is 72.6 Å². The van der Waals surface area contributed by atoms with Gasteiger partial charge in [0.15, 0.2) is 0 Å². The van der Waals surface area contributed by atoms with Crippen molar-refractivity contribution in [2.75, 3.05) is 20.8 Å². The highest BCUT2D eigenvalue weighted by molar-refractivity contribution is 5.70. The molecule has 0 aromatic carbocycles. The molecule has 0 radical (unpaired) electrons. The van der Waals surface area contributed by atoms with Crippen molar-refractivity contribution >= 4 is 6.09 Å². The fraction of sp³-hybridized carbons (Fsp3) is 0.952. The van der Waals surface area contributed by atoms with Crippen molar-refractivity contribution in [1.82, 2.24) is 4.90 Å². The van der Waals surface area contributed by atoms with E-state index in [1.165, 1.54) is 14.2 Å². The second-order valence-electron chi connectivity index (χ2n) is 10.3. The molecule has 2 heterocycles. The van der Waals surface area contributed by atoms with Crippen molar-refractivity contribution in [3.05, 3.63) is 0 Å². The summed E-state index contributed by atoms with van der Waals surface area (Å²) in [6.07, 6.45) is -0.714. The second kappa shape index (κ2) is 6.49. The summed E-state index contributed by atoms with van der Waals surface area (Å²) < 4.78 is 58.1. The number of nitrogens with zero attached hydrogens (tertiary/aromatic N) is 1. The molecule has 172 valence electrons. The second-order valence-corrected chi connectivity index (χ2v) is 10.3. The molecule has 9 heteroatoms. The van der Waals surface area contributed by atoms with E-state index in [1.54, 1.807) is 39.5 Å². The average Bonchev–Trinajstić information content (AvgIpc) is 3.53. The van der Waals surface area contributed by atoms with Gasteiger partial charge < -0.3 is 23.7 Å². The summed E-state index contributed by atoms with van der Waals surface area (Å²) >= 11 is 0. The number of amides is 1. The van der Waals surface area contributed by atoms with E-state index in [4.69, 9.17) is 23.7 Å². The van der Waals surface area contributed by atoms with Crippen LogP contribution in [0.5, 0.6) is 0 Å². The van der Waals surface area contributed by atoms with E-state index in [0.29, 0.717) is 12.8 Å². The molecule has 4 fully saturated rings. The number of ether oxygens (including phenoxy) is 5. The molecule has 0 N–H and O–H groups in total. The highest BCUT2D eigenvalue weighted by atomic mass is 19.3. The van der Waals surface area contributed by atoms with Gasteiger partial charge in [-0.25, -0.2) is 13.6 Å².